The van der Waals surface area contributed by atoms with Gasteiger partial charge in [-0.15, -0.1) is 0 Å². The van der Waals surface area contributed by atoms with Gasteiger partial charge in [0.15, 0.2) is 5.78 Å². The van der Waals surface area contributed by atoms with E-state index in [0.29, 0.717) is 6.42 Å². The van der Waals surface area contributed by atoms with Crippen LogP contribution in [0.1, 0.15) is 28.8 Å². The minimum Gasteiger partial charge on any atom is -0.456 e. The van der Waals surface area contributed by atoms with Crippen LogP contribution in [0.4, 0.5) is 0 Å². The average Bonchev–Trinajstić information content (AvgIpc) is 2.44. The summed E-state index contributed by atoms with van der Waals surface area (Å²) >= 11 is 2.28. The Morgan fingerprint density at radius 1 is 1.00 bits per heavy atom. The highest BCUT2D eigenvalue weighted by Crippen LogP contribution is 2.34. The molecule has 1 aliphatic rings. The second kappa shape index (κ2) is 5.33. The number of ketones is 1. The quantitative estimate of drug-likeness (QED) is 0.728. The van der Waals surface area contributed by atoms with Crippen molar-refractivity contribution in [2.75, 3.05) is 0 Å². The summed E-state index contributed by atoms with van der Waals surface area (Å²) in [5, 5.41) is 0. The Bertz CT molecular complexity index is 620. The Labute approximate surface area is 125 Å². The Kier molecular flexibility index (Phi) is 3.55. The normalized spacial score (nSPS) is 14.1. The minimum absolute atomic E-state index is 0.255. The topological polar surface area (TPSA) is 26.3 Å². The molecule has 0 radical (unpaired) electrons. The van der Waals surface area contributed by atoms with E-state index < -0.39 is 0 Å². The number of carbonyl (C=O) groups excluding carboxylic acids is 1. The third-order valence-corrected chi connectivity index (χ3v) is 4.49. The summed E-state index contributed by atoms with van der Waals surface area (Å²) in [6, 6.07) is 13.5. The molecule has 0 saturated heterocycles. The first-order valence-corrected chi connectivity index (χ1v) is 7.41. The summed E-state index contributed by atoms with van der Waals surface area (Å²) < 4.78 is 6.95. The van der Waals surface area contributed by atoms with Gasteiger partial charge in [-0.1, -0.05) is 18.2 Å². The van der Waals surface area contributed by atoms with E-state index in [1.165, 1.54) is 0 Å². The predicted molar refractivity (Wildman–Crippen MR) is 82.9 cm³/mol. The molecule has 0 spiro atoms. The summed E-state index contributed by atoms with van der Waals surface area (Å²) in [6.07, 6.45) is 2.57. The number of Topliss-reactive ketones (excluding diaryl/α,β-unsaturated/α-hetero) is 1. The fourth-order valence-corrected chi connectivity index (χ4v) is 3.21. The zero-order valence-electron chi connectivity index (χ0n) is 10.4. The van der Waals surface area contributed by atoms with Gasteiger partial charge in [-0.25, -0.2) is 0 Å². The highest BCUT2D eigenvalue weighted by molar-refractivity contribution is 14.1. The molecule has 2 aromatic carbocycles. The molecular formula is C16H13IO2. The van der Waals surface area contributed by atoms with E-state index in [9.17, 15) is 4.79 Å². The smallest absolute Gasteiger partial charge is 0.163 e. The predicted octanol–water partition coefficient (Wildman–Crippen LogP) is 4.60. The van der Waals surface area contributed by atoms with Gasteiger partial charge in [0, 0.05) is 12.0 Å². The fourth-order valence-electron chi connectivity index (χ4n) is 2.36. The molecule has 0 amide bonds. The van der Waals surface area contributed by atoms with Crippen LogP contribution < -0.4 is 4.74 Å². The highest BCUT2D eigenvalue weighted by atomic mass is 127. The monoisotopic (exact) mass is 364 g/mol. The van der Waals surface area contributed by atoms with Crippen molar-refractivity contribution in [1.29, 1.82) is 0 Å². The van der Waals surface area contributed by atoms with E-state index in [0.717, 1.165) is 39.0 Å². The Balaban J connectivity index is 1.98. The molecule has 0 aliphatic heterocycles. The molecule has 0 unspecified atom stereocenters. The minimum atomic E-state index is 0.255. The van der Waals surface area contributed by atoms with Crippen molar-refractivity contribution in [3.05, 3.63) is 57.2 Å². The van der Waals surface area contributed by atoms with Crippen molar-refractivity contribution in [2.24, 2.45) is 0 Å². The maximum Gasteiger partial charge on any atom is 0.163 e. The van der Waals surface area contributed by atoms with Crippen LogP contribution in [0.15, 0.2) is 42.5 Å². The van der Waals surface area contributed by atoms with Crippen molar-refractivity contribution in [1.82, 2.24) is 0 Å². The van der Waals surface area contributed by atoms with Crippen molar-refractivity contribution >= 4 is 28.4 Å². The first kappa shape index (κ1) is 12.7. The van der Waals surface area contributed by atoms with Gasteiger partial charge in [0.1, 0.15) is 11.5 Å². The third-order valence-electron chi connectivity index (χ3n) is 3.31. The van der Waals surface area contributed by atoms with E-state index in [4.69, 9.17) is 4.74 Å². The van der Waals surface area contributed by atoms with Crippen LogP contribution >= 0.6 is 22.6 Å². The van der Waals surface area contributed by atoms with E-state index in [1.807, 2.05) is 42.5 Å². The number of hydrogen-bond donors (Lipinski definition) is 0. The fraction of sp³-hybridized carbons (Fsp3) is 0.188. The number of halogens is 1. The summed E-state index contributed by atoms with van der Waals surface area (Å²) in [5.41, 5.74) is 2.02. The number of ether oxygens (including phenoxy) is 1. The SMILES string of the molecule is O=C1CCCc2c1ccc(Oc1ccccc1)c2I. The van der Waals surface area contributed by atoms with Crippen LogP contribution in [0, 0.1) is 3.57 Å². The molecule has 96 valence electrons. The number of benzene rings is 2. The van der Waals surface area contributed by atoms with Crippen molar-refractivity contribution in [3.8, 4) is 11.5 Å². The van der Waals surface area contributed by atoms with Gasteiger partial charge in [-0.2, -0.15) is 0 Å². The zero-order chi connectivity index (χ0) is 13.2. The molecule has 0 N–H and O–H groups in total. The molecule has 19 heavy (non-hydrogen) atoms. The molecule has 0 bridgehead atoms. The molecule has 1 aliphatic carbocycles. The van der Waals surface area contributed by atoms with E-state index in [1.54, 1.807) is 0 Å². The molecule has 0 fully saturated rings. The van der Waals surface area contributed by atoms with Crippen molar-refractivity contribution < 1.29 is 9.53 Å². The number of rotatable bonds is 2. The second-order valence-electron chi connectivity index (χ2n) is 4.60. The van der Waals surface area contributed by atoms with Crippen LogP contribution in [0.3, 0.4) is 0 Å². The van der Waals surface area contributed by atoms with E-state index >= 15 is 0 Å². The van der Waals surface area contributed by atoms with Gasteiger partial charge in [0.25, 0.3) is 0 Å². The lowest BCUT2D eigenvalue weighted by Gasteiger charge is -2.18. The van der Waals surface area contributed by atoms with E-state index in [-0.39, 0.29) is 5.78 Å². The highest BCUT2D eigenvalue weighted by Gasteiger charge is 2.21. The van der Waals surface area contributed by atoms with Gasteiger partial charge in [-0.05, 0) is 65.3 Å². The van der Waals surface area contributed by atoms with Gasteiger partial charge < -0.3 is 4.74 Å². The maximum absolute atomic E-state index is 11.9. The van der Waals surface area contributed by atoms with Gasteiger partial charge in [0.05, 0.1) is 3.57 Å². The Morgan fingerprint density at radius 2 is 1.79 bits per heavy atom. The summed E-state index contributed by atoms with van der Waals surface area (Å²) in [4.78, 5) is 11.9. The molecule has 3 rings (SSSR count). The van der Waals surface area contributed by atoms with Crippen molar-refractivity contribution in [2.45, 2.75) is 19.3 Å². The number of fused-ring (bicyclic) bond motifs is 1. The van der Waals surface area contributed by atoms with Gasteiger partial charge in [0.2, 0.25) is 0 Å². The second-order valence-corrected chi connectivity index (χ2v) is 5.67. The summed E-state index contributed by atoms with van der Waals surface area (Å²) in [6.45, 7) is 0. The molecule has 0 heterocycles. The number of hydrogen-bond acceptors (Lipinski definition) is 2. The summed E-state index contributed by atoms with van der Waals surface area (Å²) in [7, 11) is 0. The largest absolute Gasteiger partial charge is 0.456 e. The number of carbonyl (C=O) groups is 1. The van der Waals surface area contributed by atoms with Crippen LogP contribution in [0.5, 0.6) is 11.5 Å². The van der Waals surface area contributed by atoms with Crippen molar-refractivity contribution in [3.63, 3.8) is 0 Å². The number of para-hydroxylation sites is 1. The Morgan fingerprint density at radius 3 is 2.58 bits per heavy atom. The molecule has 0 atom stereocenters. The molecule has 2 nitrogen and oxygen atoms in total. The lowest BCUT2D eigenvalue weighted by molar-refractivity contribution is 0.0972. The first-order valence-electron chi connectivity index (χ1n) is 6.33. The first-order chi connectivity index (χ1) is 9.25. The lowest BCUT2D eigenvalue weighted by Crippen LogP contribution is -2.12. The molecule has 2 aromatic rings. The van der Waals surface area contributed by atoms with Crippen LogP contribution in [-0.2, 0) is 6.42 Å². The molecule has 3 heteroatoms. The van der Waals surface area contributed by atoms with Gasteiger partial charge in [-0.3, -0.25) is 4.79 Å². The van der Waals surface area contributed by atoms with Crippen LogP contribution in [0.25, 0.3) is 0 Å². The standard InChI is InChI=1S/C16H13IO2/c17-16-13-7-4-8-14(18)12(13)9-10-15(16)19-11-5-2-1-3-6-11/h1-3,5-6,9-10H,4,7-8H2. The molecule has 0 aromatic heterocycles. The zero-order valence-corrected chi connectivity index (χ0v) is 12.5. The molecule has 0 saturated carbocycles. The maximum atomic E-state index is 11.9. The third kappa shape index (κ3) is 2.52. The Hall–Kier alpha value is -1.36. The lowest BCUT2D eigenvalue weighted by atomic mass is 9.90. The van der Waals surface area contributed by atoms with Crippen LogP contribution in [-0.4, -0.2) is 5.78 Å². The van der Waals surface area contributed by atoms with Gasteiger partial charge >= 0.3 is 0 Å². The summed E-state index contributed by atoms with van der Waals surface area (Å²) in [5.74, 6) is 1.91. The van der Waals surface area contributed by atoms with Crippen LogP contribution in [0.2, 0.25) is 0 Å². The molecular weight excluding hydrogens is 351 g/mol. The average molecular weight is 364 g/mol. The van der Waals surface area contributed by atoms with E-state index in [2.05, 4.69) is 22.6 Å².